The second kappa shape index (κ2) is 3.84. The van der Waals surface area contributed by atoms with Crippen LogP contribution in [0.4, 0.5) is 13.2 Å². The predicted molar refractivity (Wildman–Crippen MR) is 44.4 cm³/mol. The monoisotopic (exact) mass is 199 g/mol. The fraction of sp³-hybridized carbons (Fsp3) is 1.00. The van der Waals surface area contributed by atoms with Gasteiger partial charge < -0.3 is 10.0 Å². The van der Waals surface area contributed by atoms with Gasteiger partial charge >= 0.3 is 6.18 Å². The lowest BCUT2D eigenvalue weighted by Crippen LogP contribution is -2.51. The fourth-order valence-electron chi connectivity index (χ4n) is 0.758. The maximum absolute atomic E-state index is 12.2. The number of halogens is 3. The Morgan fingerprint density at radius 1 is 1.31 bits per heavy atom. The molecule has 0 aromatic rings. The van der Waals surface area contributed by atoms with Crippen molar-refractivity contribution in [1.82, 2.24) is 4.90 Å². The first-order valence-corrected chi connectivity index (χ1v) is 4.07. The van der Waals surface area contributed by atoms with E-state index in [9.17, 15) is 13.2 Å². The average molecular weight is 199 g/mol. The molecule has 0 amide bonds. The second-order valence-corrected chi connectivity index (χ2v) is 3.78. The minimum absolute atomic E-state index is 0.0196. The molecule has 0 aliphatic carbocycles. The first-order valence-electron chi connectivity index (χ1n) is 4.07. The van der Waals surface area contributed by atoms with Crippen LogP contribution >= 0.6 is 0 Å². The fourth-order valence-corrected chi connectivity index (χ4v) is 0.758. The number of hydrogen-bond donors (Lipinski definition) is 1. The molecule has 13 heavy (non-hydrogen) atoms. The van der Waals surface area contributed by atoms with Crippen LogP contribution in [0, 0.1) is 0 Å². The highest BCUT2D eigenvalue weighted by molar-refractivity contribution is 4.84. The van der Waals surface area contributed by atoms with Gasteiger partial charge in [0.05, 0.1) is 0 Å². The van der Waals surface area contributed by atoms with Gasteiger partial charge in [0, 0.05) is 12.6 Å². The van der Waals surface area contributed by atoms with Crippen LogP contribution in [-0.2, 0) is 0 Å². The van der Waals surface area contributed by atoms with Crippen molar-refractivity contribution in [2.45, 2.75) is 38.6 Å². The summed E-state index contributed by atoms with van der Waals surface area (Å²) < 4.78 is 36.5. The number of hydrogen-bond acceptors (Lipinski definition) is 2. The quantitative estimate of drug-likeness (QED) is 0.747. The molecule has 0 aromatic carbocycles. The van der Waals surface area contributed by atoms with E-state index in [1.165, 1.54) is 4.90 Å². The third-order valence-electron chi connectivity index (χ3n) is 2.05. The van der Waals surface area contributed by atoms with Crippen molar-refractivity contribution in [3.05, 3.63) is 0 Å². The zero-order valence-corrected chi connectivity index (χ0v) is 8.31. The Balaban J connectivity index is 4.34. The molecule has 5 heteroatoms. The van der Waals surface area contributed by atoms with Crippen LogP contribution in [0.1, 0.15) is 20.8 Å². The summed E-state index contributed by atoms with van der Waals surface area (Å²) in [5.41, 5.74) is -2.63. The van der Waals surface area contributed by atoms with E-state index >= 15 is 0 Å². The number of alkyl halides is 3. The normalized spacial score (nSPS) is 18.0. The summed E-state index contributed by atoms with van der Waals surface area (Å²) in [5.74, 6) is 0. The minimum Gasteiger partial charge on any atom is -0.380 e. The molecule has 0 aliphatic heterocycles. The Morgan fingerprint density at radius 3 is 1.92 bits per heavy atom. The molecule has 2 nitrogen and oxygen atoms in total. The van der Waals surface area contributed by atoms with Crippen LogP contribution in [0.15, 0.2) is 0 Å². The first kappa shape index (κ1) is 12.7. The zero-order valence-electron chi connectivity index (χ0n) is 8.31. The van der Waals surface area contributed by atoms with Crippen molar-refractivity contribution < 1.29 is 18.3 Å². The van der Waals surface area contributed by atoms with E-state index in [1.54, 1.807) is 20.9 Å². The molecule has 80 valence electrons. The van der Waals surface area contributed by atoms with Gasteiger partial charge in [-0.2, -0.15) is 13.2 Å². The van der Waals surface area contributed by atoms with Gasteiger partial charge in [0.25, 0.3) is 0 Å². The highest BCUT2D eigenvalue weighted by Crippen LogP contribution is 2.30. The number of aliphatic hydroxyl groups is 1. The molecule has 1 unspecified atom stereocenters. The van der Waals surface area contributed by atoms with E-state index in [2.05, 4.69) is 0 Å². The Morgan fingerprint density at radius 2 is 1.69 bits per heavy atom. The van der Waals surface area contributed by atoms with Crippen molar-refractivity contribution in [3.63, 3.8) is 0 Å². The van der Waals surface area contributed by atoms with Crippen LogP contribution < -0.4 is 0 Å². The van der Waals surface area contributed by atoms with Gasteiger partial charge in [-0.1, -0.05) is 0 Å². The summed E-state index contributed by atoms with van der Waals surface area (Å²) in [6.07, 6.45) is -4.57. The van der Waals surface area contributed by atoms with Crippen LogP contribution in [0.5, 0.6) is 0 Å². The van der Waals surface area contributed by atoms with Gasteiger partial charge in [-0.25, -0.2) is 0 Å². The van der Waals surface area contributed by atoms with Crippen molar-refractivity contribution in [2.24, 2.45) is 0 Å². The molecule has 0 radical (unpaired) electrons. The van der Waals surface area contributed by atoms with Crippen LogP contribution in [0.25, 0.3) is 0 Å². The van der Waals surface area contributed by atoms with E-state index < -0.39 is 18.3 Å². The molecule has 0 fully saturated rings. The molecule has 0 spiro atoms. The van der Waals surface area contributed by atoms with Gasteiger partial charge in [0.1, 0.15) is 0 Å². The van der Waals surface area contributed by atoms with Gasteiger partial charge in [-0.15, -0.1) is 0 Å². The SMILES string of the molecule is CC(C)N(C)CC(C)(O)C(F)(F)F. The lowest BCUT2D eigenvalue weighted by molar-refractivity contribution is -0.257. The topological polar surface area (TPSA) is 23.5 Å². The maximum Gasteiger partial charge on any atom is 0.418 e. The molecule has 1 N–H and O–H groups in total. The molecule has 0 aromatic heterocycles. The lowest BCUT2D eigenvalue weighted by Gasteiger charge is -2.32. The summed E-state index contributed by atoms with van der Waals surface area (Å²) in [4.78, 5) is 1.45. The van der Waals surface area contributed by atoms with Gasteiger partial charge in [0.15, 0.2) is 5.60 Å². The standard InChI is InChI=1S/C8H16F3NO/c1-6(2)12(4)5-7(3,13)8(9,10)11/h6,13H,5H2,1-4H3. The molecule has 0 bridgehead atoms. The predicted octanol–water partition coefficient (Wildman–Crippen LogP) is 1.64. The van der Waals surface area contributed by atoms with E-state index in [-0.39, 0.29) is 6.04 Å². The molecule has 0 saturated carbocycles. The molecule has 0 saturated heterocycles. The summed E-state index contributed by atoms with van der Waals surface area (Å²) in [6, 6.07) is -0.0196. The number of nitrogens with zero attached hydrogens (tertiary/aromatic N) is 1. The van der Waals surface area contributed by atoms with Gasteiger partial charge in [0.2, 0.25) is 0 Å². The Bertz CT molecular complexity index is 165. The second-order valence-electron chi connectivity index (χ2n) is 3.78. The van der Waals surface area contributed by atoms with E-state index in [0.29, 0.717) is 0 Å². The maximum atomic E-state index is 12.2. The molecule has 0 aliphatic rings. The Kier molecular flexibility index (Phi) is 3.75. The van der Waals surface area contributed by atoms with Crippen LogP contribution in [0.3, 0.4) is 0 Å². The Hall–Kier alpha value is -0.290. The third kappa shape index (κ3) is 3.52. The van der Waals surface area contributed by atoms with Crippen molar-refractivity contribution in [1.29, 1.82) is 0 Å². The molecular formula is C8H16F3NO. The Labute approximate surface area is 76.3 Å². The van der Waals surface area contributed by atoms with E-state index in [1.807, 2.05) is 0 Å². The van der Waals surface area contributed by atoms with E-state index in [0.717, 1.165) is 6.92 Å². The number of likely N-dealkylation sites (N-methyl/N-ethyl adjacent to an activating group) is 1. The summed E-state index contributed by atoms with van der Waals surface area (Å²) in [5, 5.41) is 9.10. The smallest absolute Gasteiger partial charge is 0.380 e. The third-order valence-corrected chi connectivity index (χ3v) is 2.05. The summed E-state index contributed by atoms with van der Waals surface area (Å²) >= 11 is 0. The van der Waals surface area contributed by atoms with Crippen molar-refractivity contribution in [3.8, 4) is 0 Å². The highest BCUT2D eigenvalue weighted by atomic mass is 19.4. The minimum atomic E-state index is -4.57. The highest BCUT2D eigenvalue weighted by Gasteiger charge is 2.50. The summed E-state index contributed by atoms with van der Waals surface area (Å²) in [6.45, 7) is 3.92. The van der Waals surface area contributed by atoms with Crippen LogP contribution in [0.2, 0.25) is 0 Å². The zero-order chi connectivity index (χ0) is 10.9. The average Bonchev–Trinajstić information content (AvgIpc) is 1.83. The lowest BCUT2D eigenvalue weighted by atomic mass is 10.1. The van der Waals surface area contributed by atoms with Crippen molar-refractivity contribution in [2.75, 3.05) is 13.6 Å². The molecular weight excluding hydrogens is 183 g/mol. The van der Waals surface area contributed by atoms with E-state index in [4.69, 9.17) is 5.11 Å². The van der Waals surface area contributed by atoms with Crippen LogP contribution in [-0.4, -0.2) is 41.4 Å². The largest absolute Gasteiger partial charge is 0.418 e. The number of rotatable bonds is 3. The molecule has 1 atom stereocenters. The first-order chi connectivity index (χ1) is 5.58. The molecule has 0 heterocycles. The summed E-state index contributed by atoms with van der Waals surface area (Å²) in [7, 11) is 1.55. The molecule has 0 rings (SSSR count). The van der Waals surface area contributed by atoms with Crippen molar-refractivity contribution >= 4 is 0 Å². The van der Waals surface area contributed by atoms with Gasteiger partial charge in [-0.3, -0.25) is 0 Å². The van der Waals surface area contributed by atoms with Gasteiger partial charge in [-0.05, 0) is 27.8 Å².